The number of ether oxygens (including phenoxy) is 1. The zero-order valence-electron chi connectivity index (χ0n) is 11.6. The Kier molecular flexibility index (Phi) is 4.48. The summed E-state index contributed by atoms with van der Waals surface area (Å²) in [6.07, 6.45) is 1.54. The van der Waals surface area contributed by atoms with Gasteiger partial charge in [-0.25, -0.2) is 9.59 Å². The maximum atomic E-state index is 11.8. The molecule has 0 aliphatic rings. The van der Waals surface area contributed by atoms with Crippen molar-refractivity contribution in [3.05, 3.63) is 41.0 Å². The quantitative estimate of drug-likeness (QED) is 0.671. The Bertz CT molecular complexity index is 504. The Morgan fingerprint density at radius 1 is 1.16 bits per heavy atom. The number of hydrogen-bond donors (Lipinski definition) is 1. The van der Waals surface area contributed by atoms with E-state index in [4.69, 9.17) is 9.84 Å². The lowest BCUT2D eigenvalue weighted by Gasteiger charge is -2.19. The maximum absolute atomic E-state index is 11.8. The Morgan fingerprint density at radius 3 is 2.11 bits per heavy atom. The van der Waals surface area contributed by atoms with Gasteiger partial charge in [0.15, 0.2) is 0 Å². The Morgan fingerprint density at radius 2 is 1.68 bits per heavy atom. The SMILES string of the molecule is C/C(=C\c1ccc(C(=O)OC(C)(C)C)cc1)C(=O)O. The highest BCUT2D eigenvalue weighted by atomic mass is 16.6. The molecule has 19 heavy (non-hydrogen) atoms. The van der Waals surface area contributed by atoms with E-state index in [0.717, 1.165) is 5.56 Å². The minimum absolute atomic E-state index is 0.241. The molecule has 102 valence electrons. The predicted octanol–water partition coefficient (Wildman–Crippen LogP) is 3.13. The van der Waals surface area contributed by atoms with Crippen LogP contribution in [-0.4, -0.2) is 22.6 Å². The van der Waals surface area contributed by atoms with Crippen LogP contribution in [0.5, 0.6) is 0 Å². The summed E-state index contributed by atoms with van der Waals surface area (Å²) in [7, 11) is 0. The van der Waals surface area contributed by atoms with Crippen LogP contribution in [0.15, 0.2) is 29.8 Å². The number of carboxylic acids is 1. The lowest BCUT2D eigenvalue weighted by Crippen LogP contribution is -2.23. The highest BCUT2D eigenvalue weighted by Crippen LogP contribution is 2.14. The van der Waals surface area contributed by atoms with Crippen molar-refractivity contribution in [3.63, 3.8) is 0 Å². The first-order valence-electron chi connectivity index (χ1n) is 5.94. The van der Waals surface area contributed by atoms with Crippen LogP contribution in [0.2, 0.25) is 0 Å². The molecular weight excluding hydrogens is 244 g/mol. The summed E-state index contributed by atoms with van der Waals surface area (Å²) >= 11 is 0. The van der Waals surface area contributed by atoms with Gasteiger partial charge in [-0.2, -0.15) is 0 Å². The number of carboxylic acid groups (broad SMARTS) is 1. The summed E-state index contributed by atoms with van der Waals surface area (Å²) in [5.41, 5.74) is 0.882. The molecule has 4 heteroatoms. The van der Waals surface area contributed by atoms with Crippen LogP contribution in [0.25, 0.3) is 6.08 Å². The maximum Gasteiger partial charge on any atom is 0.338 e. The molecule has 0 bridgehead atoms. The van der Waals surface area contributed by atoms with Crippen molar-refractivity contribution in [2.24, 2.45) is 0 Å². The number of hydrogen-bond acceptors (Lipinski definition) is 3. The van der Waals surface area contributed by atoms with Crippen molar-refractivity contribution in [2.75, 3.05) is 0 Å². The highest BCUT2D eigenvalue weighted by Gasteiger charge is 2.17. The van der Waals surface area contributed by atoms with Crippen molar-refractivity contribution in [2.45, 2.75) is 33.3 Å². The molecule has 0 aliphatic heterocycles. The van der Waals surface area contributed by atoms with E-state index in [1.165, 1.54) is 6.92 Å². The van der Waals surface area contributed by atoms with Crippen molar-refractivity contribution in [1.29, 1.82) is 0 Å². The van der Waals surface area contributed by atoms with E-state index in [1.807, 2.05) is 0 Å². The molecule has 1 aromatic rings. The summed E-state index contributed by atoms with van der Waals surface area (Å²) in [5.74, 6) is -1.35. The van der Waals surface area contributed by atoms with Crippen LogP contribution in [0.1, 0.15) is 43.6 Å². The molecule has 0 unspecified atom stereocenters. The van der Waals surface area contributed by atoms with Gasteiger partial charge in [0.25, 0.3) is 0 Å². The molecule has 0 heterocycles. The van der Waals surface area contributed by atoms with Crippen LogP contribution in [-0.2, 0) is 9.53 Å². The lowest BCUT2D eigenvalue weighted by atomic mass is 10.1. The molecule has 0 amide bonds. The van der Waals surface area contributed by atoms with Crippen molar-refractivity contribution in [1.82, 2.24) is 0 Å². The van der Waals surface area contributed by atoms with Crippen molar-refractivity contribution >= 4 is 18.0 Å². The fourth-order valence-corrected chi connectivity index (χ4v) is 1.36. The van der Waals surface area contributed by atoms with Gasteiger partial charge >= 0.3 is 11.9 Å². The van der Waals surface area contributed by atoms with Crippen LogP contribution in [0.3, 0.4) is 0 Å². The molecule has 0 atom stereocenters. The number of benzene rings is 1. The Balaban J connectivity index is 2.85. The van der Waals surface area contributed by atoms with E-state index in [9.17, 15) is 9.59 Å². The first kappa shape index (κ1) is 15.0. The standard InChI is InChI=1S/C15H18O4/c1-10(13(16)17)9-11-5-7-12(8-6-11)14(18)19-15(2,3)4/h5-9H,1-4H3,(H,16,17)/b10-9+. The summed E-state index contributed by atoms with van der Waals surface area (Å²) in [6, 6.07) is 6.61. The largest absolute Gasteiger partial charge is 0.478 e. The van der Waals surface area contributed by atoms with Crippen molar-refractivity contribution in [3.8, 4) is 0 Å². The van der Waals surface area contributed by atoms with Crippen LogP contribution in [0.4, 0.5) is 0 Å². The first-order chi connectivity index (χ1) is 8.69. The van der Waals surface area contributed by atoms with E-state index in [0.29, 0.717) is 5.56 Å². The van der Waals surface area contributed by atoms with E-state index < -0.39 is 17.5 Å². The van der Waals surface area contributed by atoms with Gasteiger partial charge < -0.3 is 9.84 Å². The number of aliphatic carboxylic acids is 1. The molecule has 1 N–H and O–H groups in total. The zero-order valence-corrected chi connectivity index (χ0v) is 11.6. The summed E-state index contributed by atoms with van der Waals surface area (Å²) in [6.45, 7) is 6.93. The monoisotopic (exact) mass is 262 g/mol. The molecule has 0 aliphatic carbocycles. The van der Waals surface area contributed by atoms with E-state index in [-0.39, 0.29) is 5.57 Å². The second-order valence-electron chi connectivity index (χ2n) is 5.26. The topological polar surface area (TPSA) is 63.6 Å². The van der Waals surface area contributed by atoms with Gasteiger partial charge in [-0.1, -0.05) is 12.1 Å². The number of rotatable bonds is 3. The smallest absolute Gasteiger partial charge is 0.338 e. The molecular formula is C15H18O4. The average Bonchev–Trinajstić information content (AvgIpc) is 2.27. The normalized spacial score (nSPS) is 12.1. The molecule has 0 aromatic heterocycles. The van der Waals surface area contributed by atoms with Gasteiger partial charge in [0.05, 0.1) is 5.56 Å². The van der Waals surface area contributed by atoms with Gasteiger partial charge in [-0.15, -0.1) is 0 Å². The van der Waals surface area contributed by atoms with E-state index in [1.54, 1.807) is 51.1 Å². The second kappa shape index (κ2) is 5.69. The molecule has 4 nitrogen and oxygen atoms in total. The second-order valence-corrected chi connectivity index (χ2v) is 5.26. The minimum Gasteiger partial charge on any atom is -0.478 e. The van der Waals surface area contributed by atoms with E-state index in [2.05, 4.69) is 0 Å². The molecule has 0 fully saturated rings. The van der Waals surface area contributed by atoms with Crippen molar-refractivity contribution < 1.29 is 19.4 Å². The molecule has 1 rings (SSSR count). The van der Waals surface area contributed by atoms with Gasteiger partial charge in [0.1, 0.15) is 5.60 Å². The van der Waals surface area contributed by atoms with E-state index >= 15 is 0 Å². The van der Waals surface area contributed by atoms with Crippen LogP contribution in [0, 0.1) is 0 Å². The summed E-state index contributed by atoms with van der Waals surface area (Å²) < 4.78 is 5.23. The average molecular weight is 262 g/mol. The predicted molar refractivity (Wildman–Crippen MR) is 72.9 cm³/mol. The Hall–Kier alpha value is -2.10. The summed E-state index contributed by atoms with van der Waals surface area (Å²) in [4.78, 5) is 22.5. The number of carbonyl (C=O) groups excluding carboxylic acids is 1. The highest BCUT2D eigenvalue weighted by molar-refractivity contribution is 5.92. The molecule has 0 saturated carbocycles. The molecule has 1 aromatic carbocycles. The lowest BCUT2D eigenvalue weighted by molar-refractivity contribution is -0.132. The Labute approximate surface area is 112 Å². The van der Waals surface area contributed by atoms with Gasteiger partial charge in [-0.3, -0.25) is 0 Å². The summed E-state index contributed by atoms with van der Waals surface area (Å²) in [5, 5.41) is 8.77. The molecule has 0 saturated heterocycles. The fraction of sp³-hybridized carbons (Fsp3) is 0.333. The van der Waals surface area contributed by atoms with Crippen LogP contribution >= 0.6 is 0 Å². The number of carbonyl (C=O) groups is 2. The fourth-order valence-electron chi connectivity index (χ4n) is 1.36. The van der Waals surface area contributed by atoms with Gasteiger partial charge in [0, 0.05) is 5.57 Å². The number of esters is 1. The molecule has 0 spiro atoms. The minimum atomic E-state index is -0.962. The zero-order chi connectivity index (χ0) is 14.6. The van der Waals surface area contributed by atoms with Crippen LogP contribution < -0.4 is 0 Å². The third-order valence-electron chi connectivity index (χ3n) is 2.27. The van der Waals surface area contributed by atoms with Gasteiger partial charge in [0.2, 0.25) is 0 Å². The van der Waals surface area contributed by atoms with Gasteiger partial charge in [-0.05, 0) is 51.5 Å². The molecule has 0 radical (unpaired) electrons. The third kappa shape index (κ3) is 4.95. The third-order valence-corrected chi connectivity index (χ3v) is 2.27. The first-order valence-corrected chi connectivity index (χ1v) is 5.94.